The standard InChI is InChI=1S/C15H23N.C12H18/c1-7-11(5)9-14-15(10(3)4)12(6)13(8-2)16-14;1-3-5-8-11(4-2)12-9-6-7-10-12/h9,16H,5,7-8H2,1-4,6H3;3-5,8,12H,2,6-7,9-10H2,1H3/b14-9+;5-3-,11-8+. The van der Waals surface area contributed by atoms with Gasteiger partial charge in [-0.1, -0.05) is 75.3 Å². The van der Waals surface area contributed by atoms with Gasteiger partial charge in [0.15, 0.2) is 0 Å². The number of nitrogens with one attached hydrogen (secondary N) is 1. The van der Waals surface area contributed by atoms with E-state index >= 15 is 0 Å². The van der Waals surface area contributed by atoms with E-state index < -0.39 is 0 Å². The molecule has 1 N–H and O–H groups in total. The number of aryl methyl sites for hydroxylation is 1. The van der Waals surface area contributed by atoms with E-state index in [9.17, 15) is 0 Å². The van der Waals surface area contributed by atoms with Crippen molar-refractivity contribution in [1.82, 2.24) is 4.98 Å². The molecule has 1 nitrogen and oxygen atoms in total. The van der Waals surface area contributed by atoms with E-state index in [-0.39, 0.29) is 0 Å². The summed E-state index contributed by atoms with van der Waals surface area (Å²) in [5.74, 6) is 0.790. The van der Waals surface area contributed by atoms with Gasteiger partial charge in [0.25, 0.3) is 0 Å². The summed E-state index contributed by atoms with van der Waals surface area (Å²) in [6, 6.07) is 0. The van der Waals surface area contributed by atoms with Crippen molar-refractivity contribution in [3.05, 3.63) is 70.4 Å². The number of allylic oxidation sites excluding steroid dienone is 6. The third-order valence-corrected chi connectivity index (χ3v) is 5.58. The Kier molecular flexibility index (Phi) is 10.7. The molecule has 1 saturated carbocycles. The number of aromatic amines is 1. The Balaban J connectivity index is 0.000000292. The van der Waals surface area contributed by atoms with E-state index in [4.69, 9.17) is 0 Å². The molecule has 1 heterocycles. The average molecular weight is 380 g/mol. The number of H-pyrrole nitrogens is 1. The Morgan fingerprint density at radius 2 is 1.82 bits per heavy atom. The molecule has 0 amide bonds. The molecule has 1 aliphatic rings. The zero-order valence-electron chi connectivity index (χ0n) is 19.1. The normalized spacial score (nSPS) is 15.6. The zero-order valence-corrected chi connectivity index (χ0v) is 19.1. The van der Waals surface area contributed by atoms with Crippen LogP contribution in [0.15, 0.2) is 48.6 Å². The van der Waals surface area contributed by atoms with E-state index in [2.05, 4.69) is 77.1 Å². The highest BCUT2D eigenvalue weighted by Gasteiger charge is 2.16. The van der Waals surface area contributed by atoms with Gasteiger partial charge in [0.05, 0.1) is 0 Å². The summed E-state index contributed by atoms with van der Waals surface area (Å²) in [6.07, 6.45) is 18.1. The molecule has 0 unspecified atom stereocenters. The molecular weight excluding hydrogens is 338 g/mol. The average Bonchev–Trinajstić information content (AvgIpc) is 3.31. The van der Waals surface area contributed by atoms with Crippen LogP contribution in [0.1, 0.15) is 78.0 Å². The number of hydrogen-bond acceptors (Lipinski definition) is 0. The van der Waals surface area contributed by atoms with Gasteiger partial charge in [0, 0.05) is 16.3 Å². The maximum atomic E-state index is 4.05. The molecule has 1 aliphatic carbocycles. The van der Waals surface area contributed by atoms with Crippen LogP contribution in [0.3, 0.4) is 0 Å². The molecule has 1 fully saturated rings. The van der Waals surface area contributed by atoms with E-state index in [0.29, 0.717) is 0 Å². The molecule has 0 saturated heterocycles. The third-order valence-electron chi connectivity index (χ3n) is 5.58. The molecule has 0 aromatic carbocycles. The Morgan fingerprint density at radius 3 is 2.29 bits per heavy atom. The van der Waals surface area contributed by atoms with E-state index in [1.54, 1.807) is 0 Å². The van der Waals surface area contributed by atoms with Crippen LogP contribution in [0.25, 0.3) is 11.6 Å². The van der Waals surface area contributed by atoms with Gasteiger partial charge in [-0.05, 0) is 76.5 Å². The predicted molar refractivity (Wildman–Crippen MR) is 128 cm³/mol. The molecule has 0 aliphatic heterocycles. The van der Waals surface area contributed by atoms with E-state index in [0.717, 1.165) is 18.8 Å². The first-order valence-corrected chi connectivity index (χ1v) is 10.9. The van der Waals surface area contributed by atoms with Gasteiger partial charge < -0.3 is 4.98 Å². The lowest BCUT2D eigenvalue weighted by molar-refractivity contribution is 0.658. The second-order valence-corrected chi connectivity index (χ2v) is 7.90. The lowest BCUT2D eigenvalue weighted by atomic mass is 9.97. The van der Waals surface area contributed by atoms with Crippen LogP contribution < -0.4 is 10.6 Å². The molecule has 0 spiro atoms. The van der Waals surface area contributed by atoms with Crippen LogP contribution in [-0.2, 0) is 6.42 Å². The number of aromatic nitrogens is 1. The van der Waals surface area contributed by atoms with Crippen molar-refractivity contribution in [2.45, 2.75) is 80.1 Å². The molecule has 1 aromatic heterocycles. The Hall–Kier alpha value is -2.02. The molecular formula is C27H41N. The fourth-order valence-electron chi connectivity index (χ4n) is 3.92. The molecule has 1 heteroatoms. The first-order valence-electron chi connectivity index (χ1n) is 10.9. The van der Waals surface area contributed by atoms with E-state index in [1.807, 2.05) is 13.0 Å². The van der Waals surface area contributed by atoms with Crippen molar-refractivity contribution < 1.29 is 0 Å². The lowest BCUT2D eigenvalue weighted by Crippen LogP contribution is -2.25. The van der Waals surface area contributed by atoms with Crippen molar-refractivity contribution in [2.75, 3.05) is 0 Å². The highest BCUT2D eigenvalue weighted by atomic mass is 14.7. The first-order chi connectivity index (χ1) is 13.4. The maximum absolute atomic E-state index is 4.05. The van der Waals surface area contributed by atoms with Crippen LogP contribution in [0.5, 0.6) is 0 Å². The summed E-state index contributed by atoms with van der Waals surface area (Å²) in [5.41, 5.74) is 6.68. The summed E-state index contributed by atoms with van der Waals surface area (Å²) in [4.78, 5) is 3.51. The minimum atomic E-state index is 0.790. The fraction of sp³-hybridized carbons (Fsp3) is 0.481. The summed E-state index contributed by atoms with van der Waals surface area (Å²) in [5, 5.41) is 2.59. The first kappa shape index (κ1) is 24.0. The highest BCUT2D eigenvalue weighted by molar-refractivity contribution is 5.50. The van der Waals surface area contributed by atoms with Crippen LogP contribution in [0.4, 0.5) is 0 Å². The zero-order chi connectivity index (χ0) is 21.1. The summed E-state index contributed by atoms with van der Waals surface area (Å²) in [7, 11) is 0. The van der Waals surface area contributed by atoms with Gasteiger partial charge in [0.2, 0.25) is 0 Å². The molecule has 1 aromatic rings. The summed E-state index contributed by atoms with van der Waals surface area (Å²) in [6.45, 7) is 20.8. The Labute approximate surface area is 173 Å². The van der Waals surface area contributed by atoms with Gasteiger partial charge in [-0.2, -0.15) is 0 Å². The third kappa shape index (κ3) is 6.86. The predicted octanol–water partition coefficient (Wildman–Crippen LogP) is 6.69. The smallest absolute Gasteiger partial charge is 0.0460 e. The van der Waals surface area contributed by atoms with Crippen LogP contribution in [0.2, 0.25) is 0 Å². The molecule has 0 atom stereocenters. The Morgan fingerprint density at radius 1 is 1.18 bits per heavy atom. The highest BCUT2D eigenvalue weighted by Crippen LogP contribution is 2.31. The van der Waals surface area contributed by atoms with Gasteiger partial charge in [0.1, 0.15) is 0 Å². The Bertz CT molecular complexity index is 816. The minimum absolute atomic E-state index is 0.790. The van der Waals surface area contributed by atoms with Gasteiger partial charge in [-0.15, -0.1) is 0 Å². The fourth-order valence-corrected chi connectivity index (χ4v) is 3.92. The van der Waals surface area contributed by atoms with Crippen molar-refractivity contribution in [3.8, 4) is 0 Å². The van der Waals surface area contributed by atoms with Gasteiger partial charge in [-0.25, -0.2) is 0 Å². The second-order valence-electron chi connectivity index (χ2n) is 7.90. The molecule has 0 radical (unpaired) electrons. The summed E-state index contributed by atoms with van der Waals surface area (Å²) >= 11 is 0. The van der Waals surface area contributed by atoms with Crippen molar-refractivity contribution in [3.63, 3.8) is 0 Å². The van der Waals surface area contributed by atoms with Gasteiger partial charge in [-0.3, -0.25) is 0 Å². The maximum Gasteiger partial charge on any atom is 0.0460 e. The quantitative estimate of drug-likeness (QED) is 0.530. The van der Waals surface area contributed by atoms with Crippen LogP contribution in [-0.4, -0.2) is 4.98 Å². The molecule has 0 bridgehead atoms. The molecule has 28 heavy (non-hydrogen) atoms. The van der Waals surface area contributed by atoms with E-state index in [1.165, 1.54) is 64.2 Å². The van der Waals surface area contributed by atoms with Crippen LogP contribution in [0, 0.1) is 12.8 Å². The monoisotopic (exact) mass is 379 g/mol. The minimum Gasteiger partial charge on any atom is -0.358 e. The largest absolute Gasteiger partial charge is 0.358 e. The van der Waals surface area contributed by atoms with Crippen molar-refractivity contribution in [1.29, 1.82) is 0 Å². The van der Waals surface area contributed by atoms with Gasteiger partial charge >= 0.3 is 0 Å². The molecule has 2 rings (SSSR count). The number of rotatable bonds is 6. The summed E-state index contributed by atoms with van der Waals surface area (Å²) < 4.78 is 0. The second kappa shape index (κ2) is 12.4. The van der Waals surface area contributed by atoms with Crippen molar-refractivity contribution in [2.24, 2.45) is 5.92 Å². The number of hydrogen-bond donors (Lipinski definition) is 1. The molecule has 154 valence electrons. The topological polar surface area (TPSA) is 15.8 Å². The van der Waals surface area contributed by atoms with Crippen LogP contribution >= 0.6 is 0 Å². The van der Waals surface area contributed by atoms with Crippen molar-refractivity contribution >= 4 is 11.6 Å². The lowest BCUT2D eigenvalue weighted by Gasteiger charge is -2.08. The SMILES string of the molecule is C=C(/C=c1/[nH]c(CC)c(C)c1=C(C)C)CC.C=C/C(=C\C=C/C)C1CCCC1.